The number of carbonyl (C=O) groups excluding carboxylic acids is 1. The van der Waals surface area contributed by atoms with Crippen molar-refractivity contribution in [3.05, 3.63) is 57.6 Å². The fourth-order valence-corrected chi connectivity index (χ4v) is 4.66. The molecule has 0 N–H and O–H groups in total. The highest BCUT2D eigenvalue weighted by atomic mass is 35.5. The van der Waals surface area contributed by atoms with E-state index in [4.69, 9.17) is 23.2 Å². The highest BCUT2D eigenvalue weighted by Crippen LogP contribution is 2.27. The predicted octanol–water partition coefficient (Wildman–Crippen LogP) is 3.73. The first-order valence-electron chi connectivity index (χ1n) is 9.59. The largest absolute Gasteiger partial charge is 0.368 e. The summed E-state index contributed by atoms with van der Waals surface area (Å²) >= 11 is 12.3. The van der Waals surface area contributed by atoms with Gasteiger partial charge in [0.15, 0.2) is 0 Å². The summed E-state index contributed by atoms with van der Waals surface area (Å²) in [5.41, 5.74) is 3.41. The maximum absolute atomic E-state index is 12.9. The van der Waals surface area contributed by atoms with E-state index < -0.39 is 10.0 Å². The third-order valence-electron chi connectivity index (χ3n) is 5.27. The number of anilines is 2. The Bertz CT molecular complexity index is 1050. The summed E-state index contributed by atoms with van der Waals surface area (Å²) in [7, 11) is -3.64. The SMILES string of the molecule is Cc1ccc(N(CC(=O)N2CCN(c3cc(Cl)ccc3C)CC2)S(C)(=O)=O)cc1Cl. The Morgan fingerprint density at radius 3 is 2.23 bits per heavy atom. The zero-order valence-corrected chi connectivity index (χ0v) is 19.6. The van der Waals surface area contributed by atoms with Crippen molar-refractivity contribution in [3.63, 3.8) is 0 Å². The van der Waals surface area contributed by atoms with Gasteiger partial charge in [0.05, 0.1) is 11.9 Å². The minimum Gasteiger partial charge on any atom is -0.368 e. The van der Waals surface area contributed by atoms with Gasteiger partial charge in [0.2, 0.25) is 15.9 Å². The average Bonchev–Trinajstić information content (AvgIpc) is 2.69. The van der Waals surface area contributed by atoms with Gasteiger partial charge in [-0.2, -0.15) is 0 Å². The minimum absolute atomic E-state index is 0.236. The topological polar surface area (TPSA) is 60.9 Å². The molecule has 9 heteroatoms. The van der Waals surface area contributed by atoms with E-state index in [0.717, 1.165) is 27.4 Å². The molecule has 1 saturated heterocycles. The normalized spacial score (nSPS) is 14.7. The Balaban J connectivity index is 1.70. The van der Waals surface area contributed by atoms with E-state index in [-0.39, 0.29) is 12.5 Å². The highest BCUT2D eigenvalue weighted by molar-refractivity contribution is 7.92. The molecule has 1 aliphatic heterocycles. The molecule has 0 spiro atoms. The lowest BCUT2D eigenvalue weighted by atomic mass is 10.1. The second-order valence-corrected chi connectivity index (χ2v) is 10.3. The predicted molar refractivity (Wildman–Crippen MR) is 123 cm³/mol. The fourth-order valence-electron chi connectivity index (χ4n) is 3.48. The van der Waals surface area contributed by atoms with Gasteiger partial charge in [-0.05, 0) is 49.2 Å². The molecular formula is C21H25Cl2N3O3S. The van der Waals surface area contributed by atoms with Crippen LogP contribution < -0.4 is 9.21 Å². The number of amides is 1. The van der Waals surface area contributed by atoms with Crippen molar-refractivity contribution in [3.8, 4) is 0 Å². The van der Waals surface area contributed by atoms with Crippen molar-refractivity contribution in [2.75, 3.05) is 48.2 Å². The number of nitrogens with zero attached hydrogens (tertiary/aromatic N) is 3. The van der Waals surface area contributed by atoms with Crippen LogP contribution >= 0.6 is 23.2 Å². The molecule has 6 nitrogen and oxygen atoms in total. The Morgan fingerprint density at radius 1 is 1.00 bits per heavy atom. The van der Waals surface area contributed by atoms with E-state index in [9.17, 15) is 13.2 Å². The van der Waals surface area contributed by atoms with Crippen LogP contribution in [0.5, 0.6) is 0 Å². The molecule has 2 aromatic rings. The molecule has 0 aromatic heterocycles. The van der Waals surface area contributed by atoms with Gasteiger partial charge in [-0.3, -0.25) is 9.10 Å². The number of rotatable bonds is 5. The third kappa shape index (κ3) is 5.20. The summed E-state index contributed by atoms with van der Waals surface area (Å²) in [6, 6.07) is 10.7. The summed E-state index contributed by atoms with van der Waals surface area (Å²) in [4.78, 5) is 16.8. The molecule has 0 atom stereocenters. The van der Waals surface area contributed by atoms with Gasteiger partial charge in [-0.15, -0.1) is 0 Å². The van der Waals surface area contributed by atoms with Crippen molar-refractivity contribution in [1.29, 1.82) is 0 Å². The summed E-state index contributed by atoms with van der Waals surface area (Å²) in [5.74, 6) is -0.236. The Morgan fingerprint density at radius 2 is 1.63 bits per heavy atom. The third-order valence-corrected chi connectivity index (χ3v) is 7.05. The number of aryl methyl sites for hydroxylation is 2. The molecule has 1 heterocycles. The van der Waals surface area contributed by atoms with Crippen LogP contribution in [-0.2, 0) is 14.8 Å². The fraction of sp³-hybridized carbons (Fsp3) is 0.381. The van der Waals surface area contributed by atoms with E-state index in [1.165, 1.54) is 0 Å². The first kappa shape index (κ1) is 22.7. The summed E-state index contributed by atoms with van der Waals surface area (Å²) in [6.07, 6.45) is 1.09. The van der Waals surface area contributed by atoms with Crippen molar-refractivity contribution in [2.45, 2.75) is 13.8 Å². The standard InChI is InChI=1S/C21H25Cl2N3O3S/c1-15-5-7-18(13-19(15)23)26(30(3,28)29)14-21(27)25-10-8-24(9-11-25)20-12-17(22)6-4-16(20)2/h4-7,12-13H,8-11,14H2,1-3H3. The smallest absolute Gasteiger partial charge is 0.243 e. The molecule has 0 bridgehead atoms. The zero-order chi connectivity index (χ0) is 22.1. The number of hydrogen-bond donors (Lipinski definition) is 0. The lowest BCUT2D eigenvalue weighted by molar-refractivity contribution is -0.129. The Hall–Kier alpha value is -1.96. The van der Waals surface area contributed by atoms with Crippen LogP contribution in [0, 0.1) is 13.8 Å². The molecule has 30 heavy (non-hydrogen) atoms. The molecule has 3 rings (SSSR count). The van der Waals surface area contributed by atoms with Gasteiger partial charge in [-0.25, -0.2) is 8.42 Å². The number of piperazine rings is 1. The van der Waals surface area contributed by atoms with Crippen LogP contribution in [0.3, 0.4) is 0 Å². The molecule has 0 unspecified atom stereocenters. The Labute approximate surface area is 188 Å². The second-order valence-electron chi connectivity index (χ2n) is 7.50. The van der Waals surface area contributed by atoms with Crippen molar-refractivity contribution < 1.29 is 13.2 Å². The molecule has 0 saturated carbocycles. The van der Waals surface area contributed by atoms with Gasteiger partial charge < -0.3 is 9.80 Å². The van der Waals surface area contributed by atoms with E-state index in [0.29, 0.717) is 41.9 Å². The lowest BCUT2D eigenvalue weighted by Gasteiger charge is -2.37. The molecule has 1 amide bonds. The summed E-state index contributed by atoms with van der Waals surface area (Å²) < 4.78 is 25.8. The van der Waals surface area contributed by atoms with Crippen molar-refractivity contribution in [2.24, 2.45) is 0 Å². The van der Waals surface area contributed by atoms with E-state index in [1.807, 2.05) is 32.0 Å². The van der Waals surface area contributed by atoms with Crippen LogP contribution in [0.2, 0.25) is 10.0 Å². The number of halogens is 2. The van der Waals surface area contributed by atoms with Crippen LogP contribution in [0.25, 0.3) is 0 Å². The van der Waals surface area contributed by atoms with Crippen LogP contribution in [0.4, 0.5) is 11.4 Å². The molecule has 0 aliphatic carbocycles. The van der Waals surface area contributed by atoms with Gasteiger partial charge in [0, 0.05) is 41.9 Å². The minimum atomic E-state index is -3.64. The number of hydrogen-bond acceptors (Lipinski definition) is 4. The molecule has 1 fully saturated rings. The number of carbonyl (C=O) groups is 1. The molecular weight excluding hydrogens is 445 g/mol. The maximum atomic E-state index is 12.9. The zero-order valence-electron chi connectivity index (χ0n) is 17.2. The van der Waals surface area contributed by atoms with Crippen LogP contribution in [0.1, 0.15) is 11.1 Å². The summed E-state index contributed by atoms with van der Waals surface area (Å²) in [5, 5.41) is 1.13. The average molecular weight is 470 g/mol. The van der Waals surface area contributed by atoms with E-state index in [1.54, 1.807) is 23.1 Å². The first-order chi connectivity index (χ1) is 14.1. The Kier molecular flexibility index (Phi) is 6.84. The molecule has 1 aliphatic rings. The first-order valence-corrected chi connectivity index (χ1v) is 12.2. The second kappa shape index (κ2) is 9.04. The van der Waals surface area contributed by atoms with Crippen molar-refractivity contribution in [1.82, 2.24) is 4.90 Å². The maximum Gasteiger partial charge on any atom is 0.243 e. The van der Waals surface area contributed by atoms with Crippen LogP contribution in [0.15, 0.2) is 36.4 Å². The number of sulfonamides is 1. The molecule has 2 aromatic carbocycles. The number of benzene rings is 2. The molecule has 162 valence electrons. The van der Waals surface area contributed by atoms with Crippen LogP contribution in [-0.4, -0.2) is 58.2 Å². The van der Waals surface area contributed by atoms with Gasteiger partial charge in [-0.1, -0.05) is 35.3 Å². The quantitative estimate of drug-likeness (QED) is 0.669. The van der Waals surface area contributed by atoms with E-state index >= 15 is 0 Å². The van der Waals surface area contributed by atoms with E-state index in [2.05, 4.69) is 4.90 Å². The lowest BCUT2D eigenvalue weighted by Crippen LogP contribution is -2.52. The van der Waals surface area contributed by atoms with Gasteiger partial charge in [0.1, 0.15) is 6.54 Å². The monoisotopic (exact) mass is 469 g/mol. The highest BCUT2D eigenvalue weighted by Gasteiger charge is 2.27. The van der Waals surface area contributed by atoms with Gasteiger partial charge in [0.25, 0.3) is 0 Å². The van der Waals surface area contributed by atoms with Gasteiger partial charge >= 0.3 is 0 Å². The van der Waals surface area contributed by atoms with Crippen molar-refractivity contribution >= 4 is 50.5 Å². The molecule has 0 radical (unpaired) electrons. The summed E-state index contributed by atoms with van der Waals surface area (Å²) in [6.45, 7) is 5.94.